The molecule has 4 aromatic carbocycles. The Kier molecular flexibility index (Phi) is 16.9. The number of rotatable bonds is 23. The maximum Gasteiger partial charge on any atom is 0.326 e. The Morgan fingerprint density at radius 1 is 0.895 bits per heavy atom. The number of methoxy groups -OCH3 is 1. The number of carboxylic acid groups (broad SMARTS) is 2. The van der Waals surface area contributed by atoms with Crippen LogP contribution in [0, 0.1) is 5.41 Å². The number of hydrogen-bond acceptors (Lipinski definition) is 17. The van der Waals surface area contributed by atoms with Crippen LogP contribution in [0.5, 0.6) is 5.75 Å². The number of ether oxygens (including phenoxy) is 1. The summed E-state index contributed by atoms with van der Waals surface area (Å²) in [5.74, 6) is -3.17. The molecule has 2 aromatic heterocycles. The van der Waals surface area contributed by atoms with Gasteiger partial charge in [-0.15, -0.1) is 0 Å². The van der Waals surface area contributed by atoms with Crippen molar-refractivity contribution in [1.29, 1.82) is 0 Å². The number of aromatic nitrogens is 4. The van der Waals surface area contributed by atoms with Gasteiger partial charge in [-0.3, -0.25) is 33.9 Å². The molecule has 25 heteroatoms. The van der Waals surface area contributed by atoms with Crippen LogP contribution >= 0.6 is 0 Å². The fraction of sp³-hybridized carbons (Fsp3) is 0.393. The van der Waals surface area contributed by atoms with Gasteiger partial charge in [-0.05, 0) is 128 Å². The van der Waals surface area contributed by atoms with Gasteiger partial charge in [0, 0.05) is 77.6 Å². The van der Waals surface area contributed by atoms with Crippen LogP contribution in [0.15, 0.2) is 114 Å². The highest BCUT2D eigenvalue weighted by Gasteiger charge is 2.76. The number of hydrogen-bond donors (Lipinski definition) is 10. The molecule has 6 aromatic rings. The first-order valence-electron chi connectivity index (χ1n) is 28.8. The second kappa shape index (κ2) is 23.8. The van der Waals surface area contributed by atoms with Crippen molar-refractivity contribution in [3.05, 3.63) is 142 Å². The topological polar surface area (TPSA) is 337 Å². The van der Waals surface area contributed by atoms with Gasteiger partial charge in [-0.25, -0.2) is 14.8 Å². The molecule has 3 amide bonds. The molecule has 1 unspecified atom stereocenters. The molecule has 86 heavy (non-hydrogen) atoms. The summed E-state index contributed by atoms with van der Waals surface area (Å²) in [5.41, 5.74) is 6.18. The highest BCUT2D eigenvalue weighted by molar-refractivity contribution is 6.97. The Bertz CT molecular complexity index is 3690. The fourth-order valence-electron chi connectivity index (χ4n) is 14.0. The highest BCUT2D eigenvalue weighted by Crippen LogP contribution is 2.66. The molecular formula is C61H73N11O12Si2. The third-order valence-electron chi connectivity index (χ3n) is 18.0. The molecule has 1 spiro atoms. The van der Waals surface area contributed by atoms with E-state index in [1.54, 1.807) is 43.5 Å². The van der Waals surface area contributed by atoms with Crippen molar-refractivity contribution in [3.8, 4) is 5.75 Å². The monoisotopic (exact) mass is 1210 g/mol. The largest absolute Gasteiger partial charge is 0.497 e. The minimum Gasteiger partial charge on any atom is -0.497 e. The van der Waals surface area contributed by atoms with E-state index < -0.39 is 86.5 Å². The number of aliphatic carboxylic acids is 2. The summed E-state index contributed by atoms with van der Waals surface area (Å²) in [6, 6.07) is 25.1. The number of fused-ring (bicyclic) bond motifs is 2. The molecule has 4 aliphatic rings. The van der Waals surface area contributed by atoms with E-state index in [2.05, 4.69) is 89.2 Å². The molecule has 8 atom stereocenters. The Morgan fingerprint density at radius 2 is 1.58 bits per heavy atom. The lowest BCUT2D eigenvalue weighted by molar-refractivity contribution is -0.196. The van der Waals surface area contributed by atoms with E-state index >= 15 is 0 Å². The predicted octanol–water partition coefficient (Wildman–Crippen LogP) is 3.93. The van der Waals surface area contributed by atoms with Crippen LogP contribution in [0.1, 0.15) is 77.4 Å². The van der Waals surface area contributed by atoms with E-state index in [0.29, 0.717) is 47.3 Å². The molecule has 0 radical (unpaired) electrons. The molecule has 452 valence electrons. The molecule has 1 saturated carbocycles. The summed E-state index contributed by atoms with van der Waals surface area (Å²) >= 11 is 0. The molecule has 23 nitrogen and oxygen atoms in total. The van der Waals surface area contributed by atoms with Crippen LogP contribution < -0.4 is 52.6 Å². The molecule has 3 aliphatic heterocycles. The highest BCUT2D eigenvalue weighted by atomic mass is 28.4. The van der Waals surface area contributed by atoms with Gasteiger partial charge >= 0.3 is 11.9 Å². The fourth-order valence-corrected chi connectivity index (χ4v) is 22.8. The zero-order valence-corrected chi connectivity index (χ0v) is 50.8. The maximum absolute atomic E-state index is 14.2. The first-order valence-corrected chi connectivity index (χ1v) is 34.3. The number of amides is 3. The lowest BCUT2D eigenvalue weighted by Gasteiger charge is -2.64. The van der Waals surface area contributed by atoms with E-state index in [1.165, 1.54) is 18.3 Å². The Hall–Kier alpha value is -8.34. The number of aliphatic hydroxyl groups is 2. The van der Waals surface area contributed by atoms with E-state index in [-0.39, 0.29) is 61.1 Å². The summed E-state index contributed by atoms with van der Waals surface area (Å²) in [5, 5.41) is 58.7. The van der Waals surface area contributed by atoms with E-state index in [0.717, 1.165) is 41.1 Å². The number of carbonyl (C=O) groups excluding carboxylic acids is 3. The van der Waals surface area contributed by atoms with E-state index in [1.807, 2.05) is 50.0 Å². The molecule has 0 bridgehead atoms. The SMILES string of the molecule is CC[C@]12C=CCN3CC[C@@]4(c5ccc(OC)cc5N(C)[C@H]4[C@@](O)(CNC(=O)c4ccc([Si](C)(C)O[Si](C)(CCCC(=O)O)c5ccc(NC(=O)CC[C@H](NC(=O)c6ccc(NCc7cnc8nc(N)[nH]c(=O)c8n7)cc6)C(=O)O)cc5)cc4)[C@@H]1O)[C@H]32. The van der Waals surface area contributed by atoms with Gasteiger partial charge < -0.3 is 61.2 Å². The van der Waals surface area contributed by atoms with E-state index in [9.17, 15) is 49.2 Å². The number of nitrogen functional groups attached to an aromatic ring is 1. The molecular weight excluding hydrogens is 1130 g/mol. The van der Waals surface area contributed by atoms with Gasteiger partial charge in [0.25, 0.3) is 17.4 Å². The molecule has 1 aliphatic carbocycles. The van der Waals surface area contributed by atoms with Crippen LogP contribution in [0.25, 0.3) is 11.2 Å². The Balaban J connectivity index is 0.759. The first-order chi connectivity index (χ1) is 40.9. The smallest absolute Gasteiger partial charge is 0.326 e. The van der Waals surface area contributed by atoms with Crippen LogP contribution in [0.2, 0.25) is 25.7 Å². The number of nitrogens with two attached hydrogens (primary N) is 1. The zero-order chi connectivity index (χ0) is 61.5. The average molecular weight is 1210 g/mol. The molecule has 10 rings (SSSR count). The van der Waals surface area contributed by atoms with Crippen molar-refractivity contribution in [2.45, 2.75) is 113 Å². The van der Waals surface area contributed by atoms with Gasteiger partial charge in [0.05, 0.1) is 44.2 Å². The minimum absolute atomic E-state index is 0.0329. The van der Waals surface area contributed by atoms with Gasteiger partial charge in [-0.2, -0.15) is 4.98 Å². The van der Waals surface area contributed by atoms with Crippen LogP contribution in [0.3, 0.4) is 0 Å². The van der Waals surface area contributed by atoms with E-state index in [4.69, 9.17) is 14.6 Å². The zero-order valence-electron chi connectivity index (χ0n) is 48.8. The van der Waals surface area contributed by atoms with Crippen LogP contribution in [-0.2, 0) is 30.5 Å². The summed E-state index contributed by atoms with van der Waals surface area (Å²) in [4.78, 5) is 96.2. The molecule has 1 saturated heterocycles. The standard InChI is InChI=1S/C61H73N11O12Si2/c1-7-59-27-9-29-72-30-28-60(55(59)72)44-24-19-41(83-3)32-46(44)71(2)56(60)61(82,57(59)81)35-65-51(76)36-13-20-42(21-14-36)85(4,5)84-86(6,31-8-10-48(74)75)43-22-17-39(18-23-43)66-47(73)26-25-45(54(79)80)68-52(77)37-11-15-38(16-12-37)63-33-40-34-64-50-49(67-40)53(78)70-58(62)69-50/h9,11-24,27,32,34,45,55-57,63,81-82H,7-8,10,25-26,28-31,33,35H2,1-6H3,(H,65,76)(H,66,73)(H,68,77)(H,74,75)(H,79,80)(H3,62,64,69,70,78)/t45-,55+,56+,57+,59+,60+,61-,86?/m0/s1. The number of nitrogens with zero attached hydrogens (tertiary/aromatic N) is 5. The summed E-state index contributed by atoms with van der Waals surface area (Å²) < 4.78 is 12.9. The van der Waals surface area contributed by atoms with Crippen molar-refractivity contribution < 1.29 is 53.3 Å². The van der Waals surface area contributed by atoms with Gasteiger partial charge in [0.2, 0.25) is 28.5 Å². The predicted molar refractivity (Wildman–Crippen MR) is 329 cm³/mol. The number of carbonyl (C=O) groups is 5. The summed E-state index contributed by atoms with van der Waals surface area (Å²) in [7, 11) is -2.18. The summed E-state index contributed by atoms with van der Waals surface area (Å²) in [6.07, 6.45) is 5.67. The van der Waals surface area contributed by atoms with Crippen molar-refractivity contribution >= 4 is 90.8 Å². The van der Waals surface area contributed by atoms with Gasteiger partial charge in [-0.1, -0.05) is 49.4 Å². The number of carboxylic acids is 2. The second-order valence-corrected chi connectivity index (χ2v) is 31.6. The minimum atomic E-state index is -2.94. The third kappa shape index (κ3) is 11.4. The van der Waals surface area contributed by atoms with Crippen molar-refractivity contribution in [1.82, 2.24) is 35.5 Å². The number of nitrogens with one attached hydrogen (secondary N) is 5. The molecule has 11 N–H and O–H groups in total. The lowest BCUT2D eigenvalue weighted by atomic mass is 9.48. The average Bonchev–Trinajstić information content (AvgIpc) is 1.45. The maximum atomic E-state index is 14.2. The normalized spacial score (nSPS) is 23.1. The molecule has 5 heterocycles. The quantitative estimate of drug-likeness (QED) is 0.0321. The van der Waals surface area contributed by atoms with Crippen molar-refractivity contribution in [2.24, 2.45) is 5.41 Å². The van der Waals surface area contributed by atoms with Crippen LogP contribution in [-0.4, -0.2) is 155 Å². The van der Waals surface area contributed by atoms with Crippen LogP contribution in [0.4, 0.5) is 23.0 Å². The van der Waals surface area contributed by atoms with Gasteiger partial charge in [0.1, 0.15) is 17.4 Å². The summed E-state index contributed by atoms with van der Waals surface area (Å²) in [6.45, 7) is 9.74. The number of H-pyrrole nitrogens is 1. The number of anilines is 4. The Labute approximate surface area is 498 Å². The molecule has 2 fully saturated rings. The van der Waals surface area contributed by atoms with Gasteiger partial charge in [0.15, 0.2) is 11.2 Å². The first kappa shape index (κ1) is 60.8. The Morgan fingerprint density at radius 3 is 2.27 bits per heavy atom. The lowest BCUT2D eigenvalue weighted by Crippen LogP contribution is -2.80. The second-order valence-electron chi connectivity index (χ2n) is 23.6. The number of aromatic amines is 1. The number of aliphatic hydroxyl groups excluding tert-OH is 1. The van der Waals surface area contributed by atoms with Crippen molar-refractivity contribution in [3.63, 3.8) is 0 Å². The number of likely N-dealkylation sites (N-methyl/N-ethyl adjacent to an activating group) is 1. The third-order valence-corrected chi connectivity index (χ3v) is 26.5. The van der Waals surface area contributed by atoms with Crippen molar-refractivity contribution in [2.75, 3.05) is 55.1 Å². The number of benzene rings is 4.